The average Bonchev–Trinajstić information content (AvgIpc) is 2.69. The van der Waals surface area contributed by atoms with E-state index in [1.807, 2.05) is 11.8 Å². The third-order valence-electron chi connectivity index (χ3n) is 3.62. The van der Waals surface area contributed by atoms with Crippen LogP contribution < -0.4 is 10.1 Å². The van der Waals surface area contributed by atoms with Gasteiger partial charge >= 0.3 is 6.03 Å². The van der Waals surface area contributed by atoms with Crippen molar-refractivity contribution in [2.75, 3.05) is 26.9 Å². The standard InChI is InChI=1S/C15H21ClN2O3/c1-11-5-7-21-8-6-18(11)15(19)17-10-12-9-13(16)3-4-14(12)20-2/h3-4,9,11H,5-8,10H2,1-2H3,(H,17,19)/t11-/m1/s1. The first-order chi connectivity index (χ1) is 10.1. The molecule has 1 atom stereocenters. The van der Waals surface area contributed by atoms with Crippen molar-refractivity contribution in [2.24, 2.45) is 0 Å². The molecule has 1 aromatic carbocycles. The van der Waals surface area contributed by atoms with Crippen molar-refractivity contribution in [2.45, 2.75) is 25.9 Å². The highest BCUT2D eigenvalue weighted by Crippen LogP contribution is 2.22. The van der Waals surface area contributed by atoms with Gasteiger partial charge in [0.15, 0.2) is 0 Å². The van der Waals surface area contributed by atoms with Gasteiger partial charge in [-0.05, 0) is 31.5 Å². The van der Waals surface area contributed by atoms with E-state index in [1.165, 1.54) is 0 Å². The number of benzene rings is 1. The molecule has 1 aromatic rings. The predicted octanol–water partition coefficient (Wildman–Crippen LogP) is 2.67. The molecule has 21 heavy (non-hydrogen) atoms. The van der Waals surface area contributed by atoms with Crippen molar-refractivity contribution < 1.29 is 14.3 Å². The Labute approximate surface area is 130 Å². The Morgan fingerprint density at radius 3 is 3.10 bits per heavy atom. The van der Waals surface area contributed by atoms with Gasteiger partial charge in [0.2, 0.25) is 0 Å². The van der Waals surface area contributed by atoms with Crippen LogP contribution in [0.2, 0.25) is 5.02 Å². The summed E-state index contributed by atoms with van der Waals surface area (Å²) in [5.41, 5.74) is 0.858. The van der Waals surface area contributed by atoms with E-state index in [0.717, 1.165) is 12.0 Å². The van der Waals surface area contributed by atoms with Crippen LogP contribution in [0.25, 0.3) is 0 Å². The first-order valence-corrected chi connectivity index (χ1v) is 7.44. The van der Waals surface area contributed by atoms with Crippen molar-refractivity contribution in [1.29, 1.82) is 0 Å². The number of methoxy groups -OCH3 is 1. The number of halogens is 1. The second-order valence-corrected chi connectivity index (χ2v) is 5.49. The summed E-state index contributed by atoms with van der Waals surface area (Å²) in [6.45, 7) is 4.31. The zero-order valence-electron chi connectivity index (χ0n) is 12.4. The molecule has 1 saturated heterocycles. The van der Waals surface area contributed by atoms with Crippen LogP contribution in [0.1, 0.15) is 18.9 Å². The molecule has 1 N–H and O–H groups in total. The molecule has 5 nitrogen and oxygen atoms in total. The fraction of sp³-hybridized carbons (Fsp3) is 0.533. The lowest BCUT2D eigenvalue weighted by molar-refractivity contribution is 0.142. The smallest absolute Gasteiger partial charge is 0.317 e. The molecule has 6 heteroatoms. The summed E-state index contributed by atoms with van der Waals surface area (Å²) in [5.74, 6) is 0.715. The molecule has 0 unspecified atom stereocenters. The average molecular weight is 313 g/mol. The highest BCUT2D eigenvalue weighted by Gasteiger charge is 2.22. The number of hydrogen-bond acceptors (Lipinski definition) is 3. The van der Waals surface area contributed by atoms with Crippen LogP contribution in [0.3, 0.4) is 0 Å². The van der Waals surface area contributed by atoms with E-state index in [4.69, 9.17) is 21.1 Å². The monoisotopic (exact) mass is 312 g/mol. The van der Waals surface area contributed by atoms with E-state index in [2.05, 4.69) is 5.32 Å². The number of nitrogens with one attached hydrogen (secondary N) is 1. The van der Waals surface area contributed by atoms with Gasteiger partial charge in [0, 0.05) is 36.3 Å². The number of hydrogen-bond donors (Lipinski definition) is 1. The van der Waals surface area contributed by atoms with Gasteiger partial charge in [-0.3, -0.25) is 0 Å². The maximum atomic E-state index is 12.3. The first kappa shape index (κ1) is 15.9. The lowest BCUT2D eigenvalue weighted by Gasteiger charge is -2.26. The highest BCUT2D eigenvalue weighted by molar-refractivity contribution is 6.30. The number of carbonyl (C=O) groups is 1. The van der Waals surface area contributed by atoms with Crippen LogP contribution in [-0.4, -0.2) is 43.8 Å². The largest absolute Gasteiger partial charge is 0.496 e. The Balaban J connectivity index is 1.98. The summed E-state index contributed by atoms with van der Waals surface area (Å²) in [4.78, 5) is 14.1. The Hall–Kier alpha value is -1.46. The third-order valence-corrected chi connectivity index (χ3v) is 3.86. The Bertz CT molecular complexity index is 496. The maximum Gasteiger partial charge on any atom is 0.317 e. The Kier molecular flexibility index (Phi) is 5.70. The second kappa shape index (κ2) is 7.52. The van der Waals surface area contributed by atoms with Gasteiger partial charge in [0.05, 0.1) is 13.7 Å². The molecule has 0 bridgehead atoms. The van der Waals surface area contributed by atoms with E-state index in [-0.39, 0.29) is 12.1 Å². The molecule has 0 saturated carbocycles. The van der Waals surface area contributed by atoms with Gasteiger partial charge in [-0.25, -0.2) is 4.79 Å². The lowest BCUT2D eigenvalue weighted by atomic mass is 10.2. The van der Waals surface area contributed by atoms with E-state index < -0.39 is 0 Å². The maximum absolute atomic E-state index is 12.3. The van der Waals surface area contributed by atoms with Crippen LogP contribution in [0.15, 0.2) is 18.2 Å². The molecule has 2 rings (SSSR count). The van der Waals surface area contributed by atoms with Crippen molar-refractivity contribution in [3.8, 4) is 5.75 Å². The summed E-state index contributed by atoms with van der Waals surface area (Å²) in [6, 6.07) is 5.45. The van der Waals surface area contributed by atoms with Crippen LogP contribution in [0, 0.1) is 0 Å². The van der Waals surface area contributed by atoms with Crippen LogP contribution >= 0.6 is 11.6 Å². The predicted molar refractivity (Wildman–Crippen MR) is 81.8 cm³/mol. The fourth-order valence-corrected chi connectivity index (χ4v) is 2.55. The quantitative estimate of drug-likeness (QED) is 0.933. The SMILES string of the molecule is COc1ccc(Cl)cc1CNC(=O)N1CCOCC[C@H]1C. The normalized spacial score (nSPS) is 19.0. The van der Waals surface area contributed by atoms with Gasteiger partial charge < -0.3 is 19.7 Å². The topological polar surface area (TPSA) is 50.8 Å². The van der Waals surface area contributed by atoms with Crippen LogP contribution in [-0.2, 0) is 11.3 Å². The summed E-state index contributed by atoms with van der Waals surface area (Å²) in [7, 11) is 1.60. The van der Waals surface area contributed by atoms with E-state index >= 15 is 0 Å². The minimum Gasteiger partial charge on any atom is -0.496 e. The summed E-state index contributed by atoms with van der Waals surface area (Å²) >= 11 is 5.99. The van der Waals surface area contributed by atoms with Crippen molar-refractivity contribution in [3.63, 3.8) is 0 Å². The van der Waals surface area contributed by atoms with Crippen molar-refractivity contribution >= 4 is 17.6 Å². The van der Waals surface area contributed by atoms with Gasteiger partial charge in [-0.15, -0.1) is 0 Å². The number of urea groups is 1. The van der Waals surface area contributed by atoms with Gasteiger partial charge in [-0.1, -0.05) is 11.6 Å². The molecule has 1 aliphatic heterocycles. The molecule has 0 radical (unpaired) electrons. The Morgan fingerprint density at radius 2 is 2.33 bits per heavy atom. The molecule has 2 amide bonds. The van der Waals surface area contributed by atoms with Crippen LogP contribution in [0.5, 0.6) is 5.75 Å². The molecule has 0 aliphatic carbocycles. The number of carbonyl (C=O) groups excluding carboxylic acids is 1. The van der Waals surface area contributed by atoms with Crippen molar-refractivity contribution in [3.05, 3.63) is 28.8 Å². The van der Waals surface area contributed by atoms with Gasteiger partial charge in [0.25, 0.3) is 0 Å². The molecule has 116 valence electrons. The Morgan fingerprint density at radius 1 is 1.52 bits per heavy atom. The molecular formula is C15H21ClN2O3. The van der Waals surface area contributed by atoms with E-state index in [0.29, 0.717) is 37.1 Å². The molecule has 1 aliphatic rings. The van der Waals surface area contributed by atoms with E-state index in [1.54, 1.807) is 25.3 Å². The highest BCUT2D eigenvalue weighted by atomic mass is 35.5. The lowest BCUT2D eigenvalue weighted by Crippen LogP contribution is -2.45. The van der Waals surface area contributed by atoms with Gasteiger partial charge in [0.1, 0.15) is 5.75 Å². The molecule has 1 heterocycles. The minimum absolute atomic E-state index is 0.0879. The number of rotatable bonds is 3. The third kappa shape index (κ3) is 4.25. The number of ether oxygens (including phenoxy) is 2. The molecule has 0 aromatic heterocycles. The number of nitrogens with zero attached hydrogens (tertiary/aromatic N) is 1. The summed E-state index contributed by atoms with van der Waals surface area (Å²) < 4.78 is 10.7. The van der Waals surface area contributed by atoms with Gasteiger partial charge in [-0.2, -0.15) is 0 Å². The zero-order chi connectivity index (χ0) is 15.2. The summed E-state index contributed by atoms with van der Waals surface area (Å²) in [6.07, 6.45) is 0.855. The van der Waals surface area contributed by atoms with Crippen molar-refractivity contribution in [1.82, 2.24) is 10.2 Å². The summed E-state index contributed by atoms with van der Waals surface area (Å²) in [5, 5.41) is 3.54. The minimum atomic E-state index is -0.0879. The number of amides is 2. The second-order valence-electron chi connectivity index (χ2n) is 5.06. The molecule has 1 fully saturated rings. The molecule has 0 spiro atoms. The molecular weight excluding hydrogens is 292 g/mol. The van der Waals surface area contributed by atoms with E-state index in [9.17, 15) is 4.79 Å². The zero-order valence-corrected chi connectivity index (χ0v) is 13.2. The fourth-order valence-electron chi connectivity index (χ4n) is 2.35. The first-order valence-electron chi connectivity index (χ1n) is 7.06. The van der Waals surface area contributed by atoms with Crippen LogP contribution in [0.4, 0.5) is 4.79 Å².